The largest absolute Gasteiger partial charge is 0.348 e. The van der Waals surface area contributed by atoms with Crippen LogP contribution in [0.5, 0.6) is 0 Å². The van der Waals surface area contributed by atoms with E-state index in [2.05, 4.69) is 10.3 Å². The highest BCUT2D eigenvalue weighted by atomic mass is 16.2. The van der Waals surface area contributed by atoms with Crippen LogP contribution >= 0.6 is 0 Å². The first kappa shape index (κ1) is 19.9. The second-order valence-electron chi connectivity index (χ2n) is 7.70. The number of para-hydroxylation sites is 2. The molecule has 1 fully saturated rings. The number of urea groups is 1. The van der Waals surface area contributed by atoms with E-state index in [1.54, 1.807) is 9.47 Å². The van der Waals surface area contributed by atoms with Gasteiger partial charge in [-0.15, -0.1) is 0 Å². The fourth-order valence-electron chi connectivity index (χ4n) is 3.89. The Bertz CT molecular complexity index is 1150. The highest BCUT2D eigenvalue weighted by Crippen LogP contribution is 2.19. The van der Waals surface area contributed by atoms with Crippen LogP contribution < -0.4 is 15.8 Å². The zero-order valence-corrected chi connectivity index (χ0v) is 17.7. The minimum atomic E-state index is -0.110. The summed E-state index contributed by atoms with van der Waals surface area (Å²) in [6.45, 7) is 8.77. The summed E-state index contributed by atoms with van der Waals surface area (Å²) in [6.07, 6.45) is 0. The number of nitrogens with one attached hydrogen (secondary N) is 1. The Morgan fingerprint density at radius 2 is 1.80 bits per heavy atom. The highest BCUT2D eigenvalue weighted by molar-refractivity contribution is 5.90. The zero-order valence-electron chi connectivity index (χ0n) is 17.7. The molecule has 1 N–H and O–H groups in total. The van der Waals surface area contributed by atoms with Gasteiger partial charge in [0.25, 0.3) is 5.56 Å². The molecule has 1 aliphatic heterocycles. The second kappa shape index (κ2) is 8.18. The van der Waals surface area contributed by atoms with Gasteiger partial charge in [0.15, 0.2) is 5.82 Å². The van der Waals surface area contributed by atoms with Crippen LogP contribution in [-0.2, 0) is 6.54 Å². The average molecular weight is 406 g/mol. The number of hydrogen-bond donors (Lipinski definition) is 1. The maximum Gasteiger partial charge on any atom is 0.321 e. The highest BCUT2D eigenvalue weighted by Gasteiger charge is 2.25. The molecule has 0 unspecified atom stereocenters. The number of carbonyl (C=O) groups is 1. The molecule has 156 valence electrons. The summed E-state index contributed by atoms with van der Waals surface area (Å²) >= 11 is 0. The van der Waals surface area contributed by atoms with E-state index >= 15 is 0 Å². The molecule has 7 heteroatoms. The fraction of sp³-hybridized carbons (Fsp3) is 0.348. The monoisotopic (exact) mass is 405 g/mol. The van der Waals surface area contributed by atoms with Gasteiger partial charge in [0.1, 0.15) is 0 Å². The predicted octanol–water partition coefficient (Wildman–Crippen LogP) is 3.39. The quantitative estimate of drug-likeness (QED) is 0.725. The summed E-state index contributed by atoms with van der Waals surface area (Å²) in [5.41, 5.74) is 4.56. The van der Waals surface area contributed by atoms with Gasteiger partial charge in [-0.1, -0.05) is 24.3 Å². The Kier molecular flexibility index (Phi) is 5.44. The standard InChI is InChI=1S/C23H27N5O2/c1-4-28-20-8-6-5-7-18(20)24-21(22(28)29)26-11-13-27(14-12-26)23(30)25-19-15-16(2)9-10-17(19)3/h5-10,15H,4,11-14H2,1-3H3,(H,25,30). The van der Waals surface area contributed by atoms with Crippen LogP contribution in [0.25, 0.3) is 11.0 Å². The van der Waals surface area contributed by atoms with Crippen molar-refractivity contribution in [3.8, 4) is 0 Å². The molecular formula is C23H27N5O2. The number of aromatic nitrogens is 2. The molecule has 0 atom stereocenters. The van der Waals surface area contributed by atoms with Gasteiger partial charge in [-0.05, 0) is 50.1 Å². The smallest absolute Gasteiger partial charge is 0.321 e. The van der Waals surface area contributed by atoms with E-state index in [-0.39, 0.29) is 11.6 Å². The molecule has 1 aromatic heterocycles. The number of anilines is 2. The van der Waals surface area contributed by atoms with E-state index in [1.807, 2.05) is 68.1 Å². The number of piperazine rings is 1. The third kappa shape index (κ3) is 3.75. The molecule has 30 heavy (non-hydrogen) atoms. The van der Waals surface area contributed by atoms with Crippen molar-refractivity contribution in [2.75, 3.05) is 36.4 Å². The predicted molar refractivity (Wildman–Crippen MR) is 120 cm³/mol. The Labute approximate surface area is 175 Å². The summed E-state index contributed by atoms with van der Waals surface area (Å²) in [4.78, 5) is 34.2. The SMILES string of the molecule is CCn1c(=O)c(N2CCN(C(=O)Nc3cc(C)ccc3C)CC2)nc2ccccc21. The van der Waals surface area contributed by atoms with Crippen molar-refractivity contribution in [2.45, 2.75) is 27.3 Å². The Morgan fingerprint density at radius 1 is 1.07 bits per heavy atom. The minimum absolute atomic E-state index is 0.0792. The van der Waals surface area contributed by atoms with Gasteiger partial charge in [-0.2, -0.15) is 0 Å². The van der Waals surface area contributed by atoms with Gasteiger partial charge < -0.3 is 19.7 Å². The summed E-state index contributed by atoms with van der Waals surface area (Å²) in [5.74, 6) is 0.463. The van der Waals surface area contributed by atoms with Crippen LogP contribution in [-0.4, -0.2) is 46.7 Å². The van der Waals surface area contributed by atoms with Gasteiger partial charge in [-0.3, -0.25) is 4.79 Å². The van der Waals surface area contributed by atoms with E-state index in [1.165, 1.54) is 0 Å². The first-order valence-electron chi connectivity index (χ1n) is 10.4. The molecule has 2 amide bonds. The molecule has 0 bridgehead atoms. The Morgan fingerprint density at radius 3 is 2.53 bits per heavy atom. The molecular weight excluding hydrogens is 378 g/mol. The molecule has 3 aromatic rings. The van der Waals surface area contributed by atoms with Gasteiger partial charge in [0.2, 0.25) is 0 Å². The third-order valence-electron chi connectivity index (χ3n) is 5.65. The summed E-state index contributed by atoms with van der Waals surface area (Å²) in [5, 5.41) is 3.02. The maximum atomic E-state index is 13.0. The van der Waals surface area contributed by atoms with Gasteiger partial charge >= 0.3 is 6.03 Å². The van der Waals surface area contributed by atoms with Crippen LogP contribution in [0.3, 0.4) is 0 Å². The first-order chi connectivity index (χ1) is 14.5. The maximum absolute atomic E-state index is 13.0. The van der Waals surface area contributed by atoms with Crippen molar-refractivity contribution >= 4 is 28.6 Å². The zero-order chi connectivity index (χ0) is 21.3. The lowest BCUT2D eigenvalue weighted by molar-refractivity contribution is 0.208. The van der Waals surface area contributed by atoms with Crippen LogP contribution in [0.2, 0.25) is 0 Å². The number of carbonyl (C=O) groups excluding carboxylic acids is 1. The first-order valence-corrected chi connectivity index (χ1v) is 10.4. The lowest BCUT2D eigenvalue weighted by Gasteiger charge is -2.35. The van der Waals surface area contributed by atoms with Crippen molar-refractivity contribution in [2.24, 2.45) is 0 Å². The number of hydrogen-bond acceptors (Lipinski definition) is 4. The minimum Gasteiger partial charge on any atom is -0.348 e. The van der Waals surface area contributed by atoms with Gasteiger partial charge in [0, 0.05) is 38.4 Å². The number of rotatable bonds is 3. The number of aryl methyl sites for hydroxylation is 3. The number of fused-ring (bicyclic) bond motifs is 1. The van der Waals surface area contributed by atoms with Crippen molar-refractivity contribution in [1.82, 2.24) is 14.5 Å². The van der Waals surface area contributed by atoms with E-state index in [9.17, 15) is 9.59 Å². The van der Waals surface area contributed by atoms with Crippen LogP contribution in [0, 0.1) is 13.8 Å². The van der Waals surface area contributed by atoms with Crippen molar-refractivity contribution in [3.63, 3.8) is 0 Å². The molecule has 2 aromatic carbocycles. The Hall–Kier alpha value is -3.35. The van der Waals surface area contributed by atoms with E-state index in [0.717, 1.165) is 27.8 Å². The normalized spacial score (nSPS) is 14.2. The number of nitrogens with zero attached hydrogens (tertiary/aromatic N) is 4. The third-order valence-corrected chi connectivity index (χ3v) is 5.65. The van der Waals surface area contributed by atoms with Gasteiger partial charge in [0.05, 0.1) is 11.0 Å². The van der Waals surface area contributed by atoms with Crippen LogP contribution in [0.15, 0.2) is 47.3 Å². The van der Waals surface area contributed by atoms with Crippen molar-refractivity contribution < 1.29 is 4.79 Å². The molecule has 0 spiro atoms. The van der Waals surface area contributed by atoms with E-state index in [0.29, 0.717) is 38.5 Å². The molecule has 1 saturated heterocycles. The van der Waals surface area contributed by atoms with E-state index < -0.39 is 0 Å². The molecule has 0 aliphatic carbocycles. The number of benzene rings is 2. The average Bonchev–Trinajstić information content (AvgIpc) is 2.76. The van der Waals surface area contributed by atoms with E-state index in [4.69, 9.17) is 0 Å². The number of amides is 2. The molecule has 1 aliphatic rings. The molecule has 7 nitrogen and oxygen atoms in total. The van der Waals surface area contributed by atoms with Crippen molar-refractivity contribution in [1.29, 1.82) is 0 Å². The summed E-state index contributed by atoms with van der Waals surface area (Å²) in [7, 11) is 0. The second-order valence-corrected chi connectivity index (χ2v) is 7.70. The van der Waals surface area contributed by atoms with Crippen molar-refractivity contribution in [3.05, 3.63) is 63.9 Å². The summed E-state index contributed by atoms with van der Waals surface area (Å²) in [6, 6.07) is 13.6. The topological polar surface area (TPSA) is 70.5 Å². The molecule has 0 radical (unpaired) electrons. The summed E-state index contributed by atoms with van der Waals surface area (Å²) < 4.78 is 1.76. The van der Waals surface area contributed by atoms with Crippen LogP contribution in [0.1, 0.15) is 18.1 Å². The molecule has 4 rings (SSSR count). The fourth-order valence-corrected chi connectivity index (χ4v) is 3.89. The van der Waals surface area contributed by atoms with Gasteiger partial charge in [-0.25, -0.2) is 9.78 Å². The lowest BCUT2D eigenvalue weighted by atomic mass is 10.1. The molecule has 0 saturated carbocycles. The van der Waals surface area contributed by atoms with Crippen LogP contribution in [0.4, 0.5) is 16.3 Å². The Balaban J connectivity index is 1.50. The molecule has 2 heterocycles. The lowest BCUT2D eigenvalue weighted by Crippen LogP contribution is -2.51.